The number of carbonyl (C=O) groups excluding carboxylic acids is 1. The molecular weight excluding hydrogens is 180 g/mol. The van der Waals surface area contributed by atoms with Gasteiger partial charge in [-0.1, -0.05) is 0 Å². The van der Waals surface area contributed by atoms with Crippen LogP contribution in [0.5, 0.6) is 0 Å². The minimum Gasteiger partial charge on any atom is -0.370 e. The van der Waals surface area contributed by atoms with Gasteiger partial charge in [-0.05, 0) is 13.0 Å². The van der Waals surface area contributed by atoms with Crippen LogP contribution in [0.2, 0.25) is 0 Å². The van der Waals surface area contributed by atoms with Crippen LogP contribution in [-0.4, -0.2) is 32.4 Å². The zero-order valence-electron chi connectivity index (χ0n) is 6.82. The number of sulfone groups is 1. The van der Waals surface area contributed by atoms with Crippen molar-refractivity contribution in [1.29, 1.82) is 0 Å². The molecule has 0 aliphatic heterocycles. The highest BCUT2D eigenvalue weighted by molar-refractivity contribution is 7.91. The fourth-order valence-corrected chi connectivity index (χ4v) is 1.98. The molecule has 72 valence electrons. The predicted octanol–water partition coefficient (Wildman–Crippen LogP) is -1.37. The Kier molecular flexibility index (Phi) is 4.84. The molecule has 6 heteroatoms. The molecule has 12 heavy (non-hydrogen) atoms. The summed E-state index contributed by atoms with van der Waals surface area (Å²) in [5, 5.41) is 0. The van der Waals surface area contributed by atoms with Crippen molar-refractivity contribution in [2.24, 2.45) is 11.5 Å². The lowest BCUT2D eigenvalue weighted by molar-refractivity contribution is -0.117. The third-order valence-corrected chi connectivity index (χ3v) is 3.06. The second kappa shape index (κ2) is 5.10. The molecule has 1 amide bonds. The molecule has 0 saturated heterocycles. The smallest absolute Gasteiger partial charge is 0.218 e. The van der Waals surface area contributed by atoms with E-state index in [2.05, 4.69) is 0 Å². The van der Waals surface area contributed by atoms with Crippen LogP contribution >= 0.6 is 0 Å². The molecule has 0 unspecified atom stereocenters. The minimum atomic E-state index is -3.12. The molecular formula is C6H14N2O3S. The fraction of sp³-hybridized carbons (Fsp3) is 0.833. The van der Waals surface area contributed by atoms with Gasteiger partial charge in [-0.25, -0.2) is 8.42 Å². The van der Waals surface area contributed by atoms with Gasteiger partial charge in [0.2, 0.25) is 5.91 Å². The third kappa shape index (κ3) is 6.11. The van der Waals surface area contributed by atoms with Crippen LogP contribution in [0, 0.1) is 0 Å². The van der Waals surface area contributed by atoms with E-state index < -0.39 is 15.7 Å². The number of nitrogens with two attached hydrogens (primary N) is 2. The van der Waals surface area contributed by atoms with E-state index in [1.165, 1.54) is 0 Å². The first-order valence-electron chi connectivity index (χ1n) is 3.67. The van der Waals surface area contributed by atoms with Crippen LogP contribution in [0.15, 0.2) is 0 Å². The second-order valence-electron chi connectivity index (χ2n) is 2.51. The Labute approximate surface area is 72.0 Å². The van der Waals surface area contributed by atoms with Crippen molar-refractivity contribution < 1.29 is 13.2 Å². The van der Waals surface area contributed by atoms with Gasteiger partial charge in [0, 0.05) is 6.42 Å². The molecule has 0 spiro atoms. The summed E-state index contributed by atoms with van der Waals surface area (Å²) >= 11 is 0. The SMILES string of the molecule is NCCCS(=O)(=O)CCC(N)=O. The predicted molar refractivity (Wildman–Crippen MR) is 46.1 cm³/mol. The summed E-state index contributed by atoms with van der Waals surface area (Å²) in [4.78, 5) is 10.3. The maximum atomic E-state index is 11.0. The minimum absolute atomic E-state index is 0.0385. The molecule has 5 nitrogen and oxygen atoms in total. The lowest BCUT2D eigenvalue weighted by atomic mass is 10.5. The lowest BCUT2D eigenvalue weighted by Crippen LogP contribution is -2.20. The maximum absolute atomic E-state index is 11.0. The van der Waals surface area contributed by atoms with Crippen LogP contribution < -0.4 is 11.5 Å². The highest BCUT2D eigenvalue weighted by Gasteiger charge is 2.10. The van der Waals surface area contributed by atoms with Gasteiger partial charge in [0.1, 0.15) is 0 Å². The highest BCUT2D eigenvalue weighted by Crippen LogP contribution is 1.95. The molecule has 0 rings (SSSR count). The Morgan fingerprint density at radius 2 is 1.83 bits per heavy atom. The van der Waals surface area contributed by atoms with Crippen LogP contribution in [0.4, 0.5) is 0 Å². The molecule has 4 N–H and O–H groups in total. The Morgan fingerprint density at radius 3 is 2.25 bits per heavy atom. The first kappa shape index (κ1) is 11.4. The number of rotatable bonds is 6. The van der Waals surface area contributed by atoms with E-state index in [9.17, 15) is 13.2 Å². The van der Waals surface area contributed by atoms with Crippen molar-refractivity contribution in [2.75, 3.05) is 18.1 Å². The molecule has 0 aliphatic carbocycles. The first-order chi connectivity index (χ1) is 5.48. The average Bonchev–Trinajstić information content (AvgIpc) is 1.98. The van der Waals surface area contributed by atoms with Crippen LogP contribution in [0.25, 0.3) is 0 Å². The topological polar surface area (TPSA) is 103 Å². The molecule has 0 atom stereocenters. The number of hydrogen-bond acceptors (Lipinski definition) is 4. The quantitative estimate of drug-likeness (QED) is 0.544. The van der Waals surface area contributed by atoms with E-state index in [1.54, 1.807) is 0 Å². The van der Waals surface area contributed by atoms with Crippen molar-refractivity contribution in [3.05, 3.63) is 0 Å². The van der Waals surface area contributed by atoms with Crippen LogP contribution in [0.3, 0.4) is 0 Å². The number of amides is 1. The van der Waals surface area contributed by atoms with Gasteiger partial charge in [-0.15, -0.1) is 0 Å². The molecule has 0 saturated carbocycles. The van der Waals surface area contributed by atoms with Crippen molar-refractivity contribution in [3.8, 4) is 0 Å². The Balaban J connectivity index is 3.80. The largest absolute Gasteiger partial charge is 0.370 e. The zero-order valence-corrected chi connectivity index (χ0v) is 7.64. The van der Waals surface area contributed by atoms with Gasteiger partial charge < -0.3 is 11.5 Å². The first-order valence-corrected chi connectivity index (χ1v) is 5.49. The molecule has 0 aromatic rings. The zero-order chi connectivity index (χ0) is 9.61. The Bertz CT molecular complexity index is 235. The van der Waals surface area contributed by atoms with Gasteiger partial charge >= 0.3 is 0 Å². The van der Waals surface area contributed by atoms with E-state index in [-0.39, 0.29) is 17.9 Å². The van der Waals surface area contributed by atoms with Gasteiger partial charge in [-0.2, -0.15) is 0 Å². The van der Waals surface area contributed by atoms with Gasteiger partial charge in [-0.3, -0.25) is 4.79 Å². The summed E-state index contributed by atoms with van der Waals surface area (Å²) in [6.07, 6.45) is 0.327. The van der Waals surface area contributed by atoms with Crippen molar-refractivity contribution in [2.45, 2.75) is 12.8 Å². The van der Waals surface area contributed by atoms with Gasteiger partial charge in [0.25, 0.3) is 0 Å². The summed E-state index contributed by atoms with van der Waals surface area (Å²) in [5.41, 5.74) is 9.94. The Hall–Kier alpha value is -0.620. The lowest BCUT2D eigenvalue weighted by Gasteiger charge is -2.00. The van der Waals surface area contributed by atoms with Gasteiger partial charge in [0.05, 0.1) is 11.5 Å². The molecule has 0 aliphatic rings. The Morgan fingerprint density at radius 1 is 1.25 bits per heavy atom. The molecule has 0 fully saturated rings. The monoisotopic (exact) mass is 194 g/mol. The molecule has 0 aromatic carbocycles. The van der Waals surface area contributed by atoms with E-state index >= 15 is 0 Å². The van der Waals surface area contributed by atoms with E-state index in [4.69, 9.17) is 11.5 Å². The van der Waals surface area contributed by atoms with Crippen molar-refractivity contribution >= 4 is 15.7 Å². The number of carbonyl (C=O) groups is 1. The van der Waals surface area contributed by atoms with Crippen molar-refractivity contribution in [3.63, 3.8) is 0 Å². The van der Waals surface area contributed by atoms with Crippen LogP contribution in [-0.2, 0) is 14.6 Å². The molecule has 0 heterocycles. The maximum Gasteiger partial charge on any atom is 0.218 e. The molecule has 0 bridgehead atoms. The molecule has 0 aromatic heterocycles. The van der Waals surface area contributed by atoms with E-state index in [1.807, 2.05) is 0 Å². The number of primary amides is 1. The van der Waals surface area contributed by atoms with Gasteiger partial charge in [0.15, 0.2) is 9.84 Å². The summed E-state index contributed by atoms with van der Waals surface area (Å²) in [6, 6.07) is 0. The summed E-state index contributed by atoms with van der Waals surface area (Å²) < 4.78 is 22.1. The third-order valence-electron chi connectivity index (χ3n) is 1.32. The molecule has 0 radical (unpaired) electrons. The van der Waals surface area contributed by atoms with Crippen molar-refractivity contribution in [1.82, 2.24) is 0 Å². The number of hydrogen-bond donors (Lipinski definition) is 2. The van der Waals surface area contributed by atoms with E-state index in [0.717, 1.165) is 0 Å². The fourth-order valence-electron chi connectivity index (χ4n) is 0.661. The normalized spacial score (nSPS) is 11.4. The standard InChI is InChI=1S/C6H14N2O3S/c7-3-1-4-12(10,11)5-2-6(8)9/h1-5,7H2,(H2,8,9). The second-order valence-corrected chi connectivity index (χ2v) is 4.81. The van der Waals surface area contributed by atoms with E-state index in [0.29, 0.717) is 13.0 Å². The summed E-state index contributed by atoms with van der Waals surface area (Å²) in [6.45, 7) is 0.343. The summed E-state index contributed by atoms with van der Waals surface area (Å²) in [7, 11) is -3.12. The summed E-state index contributed by atoms with van der Waals surface area (Å²) in [5.74, 6) is -0.717. The average molecular weight is 194 g/mol. The highest BCUT2D eigenvalue weighted by atomic mass is 32.2. The van der Waals surface area contributed by atoms with Crippen LogP contribution in [0.1, 0.15) is 12.8 Å².